The first-order chi connectivity index (χ1) is 10.4. The molecular weight excluding hydrogens is 284 g/mol. The van der Waals surface area contributed by atoms with E-state index in [1.54, 1.807) is 6.92 Å². The van der Waals surface area contributed by atoms with Crippen molar-refractivity contribution in [1.29, 1.82) is 0 Å². The Balaban J connectivity index is 2.67. The van der Waals surface area contributed by atoms with Gasteiger partial charge in [-0.25, -0.2) is 0 Å². The van der Waals surface area contributed by atoms with Crippen LogP contribution in [-0.2, 0) is 19.1 Å². The lowest BCUT2D eigenvalue weighted by atomic mass is 10.0. The molecule has 0 aromatic heterocycles. The summed E-state index contributed by atoms with van der Waals surface area (Å²) in [6.07, 6.45) is -0.894. The number of hydrogen-bond acceptors (Lipinski definition) is 4. The second-order valence-electron chi connectivity index (χ2n) is 4.89. The van der Waals surface area contributed by atoms with Gasteiger partial charge in [-0.05, 0) is 19.4 Å². The molecule has 0 saturated carbocycles. The molecule has 6 heteroatoms. The van der Waals surface area contributed by atoms with E-state index in [4.69, 9.17) is 4.74 Å². The third kappa shape index (κ3) is 5.95. The molecule has 0 bridgehead atoms. The maximum absolute atomic E-state index is 12.0. The van der Waals surface area contributed by atoms with E-state index in [-0.39, 0.29) is 18.2 Å². The smallest absolute Gasteiger partial charge is 0.309 e. The van der Waals surface area contributed by atoms with Crippen LogP contribution in [0.4, 0.5) is 0 Å². The molecule has 0 aliphatic carbocycles. The molecule has 0 spiro atoms. The standard InChI is InChI=1S/C16H22N2O4/c1-4-17-16(21)11(2)22-15(20)10-14(18-12(3)19)13-8-6-5-7-9-13/h5-9,11,14H,4,10H2,1-3H3,(H,17,21)(H,18,19)/t11-,14-/m0/s1. The van der Waals surface area contributed by atoms with Crippen LogP contribution >= 0.6 is 0 Å². The van der Waals surface area contributed by atoms with Crippen molar-refractivity contribution < 1.29 is 19.1 Å². The van der Waals surface area contributed by atoms with Crippen LogP contribution < -0.4 is 10.6 Å². The molecule has 0 radical (unpaired) electrons. The van der Waals surface area contributed by atoms with Gasteiger partial charge in [0.25, 0.3) is 5.91 Å². The predicted octanol–water partition coefficient (Wildman–Crippen LogP) is 1.32. The Morgan fingerprint density at radius 1 is 1.18 bits per heavy atom. The molecule has 0 unspecified atom stereocenters. The van der Waals surface area contributed by atoms with Crippen molar-refractivity contribution in [2.75, 3.05) is 6.54 Å². The van der Waals surface area contributed by atoms with E-state index < -0.39 is 18.1 Å². The second-order valence-corrected chi connectivity index (χ2v) is 4.89. The maximum atomic E-state index is 12.0. The minimum Gasteiger partial charge on any atom is -0.452 e. The number of carbonyl (C=O) groups excluding carboxylic acids is 3. The van der Waals surface area contributed by atoms with Gasteiger partial charge in [0.15, 0.2) is 6.10 Å². The number of hydrogen-bond donors (Lipinski definition) is 2. The van der Waals surface area contributed by atoms with Gasteiger partial charge >= 0.3 is 5.97 Å². The fraction of sp³-hybridized carbons (Fsp3) is 0.438. The second kappa shape index (κ2) is 8.81. The normalized spacial score (nSPS) is 12.9. The van der Waals surface area contributed by atoms with Crippen molar-refractivity contribution in [3.63, 3.8) is 0 Å². The Kier molecular flexibility index (Phi) is 7.08. The minimum absolute atomic E-state index is 0.0344. The zero-order chi connectivity index (χ0) is 16.5. The first-order valence-electron chi connectivity index (χ1n) is 7.23. The number of ether oxygens (including phenoxy) is 1. The third-order valence-electron chi connectivity index (χ3n) is 2.98. The van der Waals surface area contributed by atoms with Gasteiger partial charge in [-0.2, -0.15) is 0 Å². The number of esters is 1. The zero-order valence-electron chi connectivity index (χ0n) is 13.1. The van der Waals surface area contributed by atoms with Crippen LogP contribution in [0.2, 0.25) is 0 Å². The van der Waals surface area contributed by atoms with Crippen molar-refractivity contribution in [1.82, 2.24) is 10.6 Å². The Morgan fingerprint density at radius 3 is 2.36 bits per heavy atom. The summed E-state index contributed by atoms with van der Waals surface area (Å²) in [5.74, 6) is -1.12. The van der Waals surface area contributed by atoms with Crippen molar-refractivity contribution >= 4 is 17.8 Å². The molecule has 2 atom stereocenters. The summed E-state index contributed by atoms with van der Waals surface area (Å²) in [6.45, 7) is 5.16. The van der Waals surface area contributed by atoms with Crippen LogP contribution in [0.3, 0.4) is 0 Å². The van der Waals surface area contributed by atoms with Crippen molar-refractivity contribution in [3.05, 3.63) is 35.9 Å². The molecular formula is C16H22N2O4. The van der Waals surface area contributed by atoms with Gasteiger partial charge in [0.2, 0.25) is 5.91 Å². The fourth-order valence-corrected chi connectivity index (χ4v) is 1.97. The van der Waals surface area contributed by atoms with E-state index in [1.165, 1.54) is 13.8 Å². The number of amides is 2. The van der Waals surface area contributed by atoms with E-state index in [0.717, 1.165) is 5.56 Å². The van der Waals surface area contributed by atoms with Crippen LogP contribution in [0.1, 0.15) is 38.8 Å². The molecule has 6 nitrogen and oxygen atoms in total. The van der Waals surface area contributed by atoms with Gasteiger partial charge in [0.05, 0.1) is 12.5 Å². The summed E-state index contributed by atoms with van der Waals surface area (Å²) in [7, 11) is 0. The van der Waals surface area contributed by atoms with Crippen molar-refractivity contribution in [2.24, 2.45) is 0 Å². The topological polar surface area (TPSA) is 84.5 Å². The van der Waals surface area contributed by atoms with E-state index >= 15 is 0 Å². The van der Waals surface area contributed by atoms with Crippen LogP contribution in [-0.4, -0.2) is 30.4 Å². The summed E-state index contributed by atoms with van der Waals surface area (Å²) in [4.78, 5) is 34.8. The molecule has 2 amide bonds. The minimum atomic E-state index is -0.860. The van der Waals surface area contributed by atoms with Crippen LogP contribution in [0.25, 0.3) is 0 Å². The Hall–Kier alpha value is -2.37. The van der Waals surface area contributed by atoms with E-state index in [1.807, 2.05) is 30.3 Å². The lowest BCUT2D eigenvalue weighted by Gasteiger charge is -2.19. The average molecular weight is 306 g/mol. The first-order valence-corrected chi connectivity index (χ1v) is 7.23. The van der Waals surface area contributed by atoms with Crippen molar-refractivity contribution in [2.45, 2.75) is 39.3 Å². The number of rotatable bonds is 7. The molecule has 0 heterocycles. The SMILES string of the molecule is CCNC(=O)[C@H](C)OC(=O)C[C@H](NC(C)=O)c1ccccc1. The Bertz CT molecular complexity index is 516. The number of likely N-dealkylation sites (N-methyl/N-ethyl adjacent to an activating group) is 1. The Labute approximate surface area is 130 Å². The van der Waals surface area contributed by atoms with Gasteiger partial charge in [0.1, 0.15) is 0 Å². The number of benzene rings is 1. The molecule has 0 aliphatic heterocycles. The maximum Gasteiger partial charge on any atom is 0.309 e. The molecule has 1 aromatic carbocycles. The molecule has 1 aromatic rings. The molecule has 0 saturated heterocycles. The summed E-state index contributed by atoms with van der Waals surface area (Å²) in [5.41, 5.74) is 0.806. The lowest BCUT2D eigenvalue weighted by molar-refractivity contribution is -0.155. The molecule has 2 N–H and O–H groups in total. The van der Waals surface area contributed by atoms with E-state index in [2.05, 4.69) is 10.6 Å². The molecule has 22 heavy (non-hydrogen) atoms. The van der Waals surface area contributed by atoms with Gasteiger partial charge in [-0.3, -0.25) is 14.4 Å². The van der Waals surface area contributed by atoms with Gasteiger partial charge in [-0.1, -0.05) is 30.3 Å². The zero-order valence-corrected chi connectivity index (χ0v) is 13.1. The lowest BCUT2D eigenvalue weighted by Crippen LogP contribution is -2.36. The van der Waals surface area contributed by atoms with Gasteiger partial charge in [-0.15, -0.1) is 0 Å². The summed E-state index contributed by atoms with van der Waals surface area (Å²) >= 11 is 0. The largest absolute Gasteiger partial charge is 0.452 e. The van der Waals surface area contributed by atoms with Crippen molar-refractivity contribution in [3.8, 4) is 0 Å². The average Bonchev–Trinajstić information content (AvgIpc) is 2.47. The highest BCUT2D eigenvalue weighted by molar-refractivity contribution is 5.83. The summed E-state index contributed by atoms with van der Waals surface area (Å²) < 4.78 is 5.10. The van der Waals surface area contributed by atoms with E-state index in [9.17, 15) is 14.4 Å². The van der Waals surface area contributed by atoms with Crippen LogP contribution in [0.15, 0.2) is 30.3 Å². The molecule has 0 fully saturated rings. The number of nitrogens with one attached hydrogen (secondary N) is 2. The fourth-order valence-electron chi connectivity index (χ4n) is 1.97. The first kappa shape index (κ1) is 17.7. The summed E-state index contributed by atoms with van der Waals surface area (Å²) in [6, 6.07) is 8.67. The van der Waals surface area contributed by atoms with Crippen LogP contribution in [0, 0.1) is 0 Å². The quantitative estimate of drug-likeness (QED) is 0.744. The van der Waals surface area contributed by atoms with Gasteiger partial charge < -0.3 is 15.4 Å². The van der Waals surface area contributed by atoms with Crippen LogP contribution in [0.5, 0.6) is 0 Å². The molecule has 0 aliphatic rings. The number of carbonyl (C=O) groups is 3. The monoisotopic (exact) mass is 306 g/mol. The Morgan fingerprint density at radius 2 is 1.82 bits per heavy atom. The molecule has 120 valence electrons. The third-order valence-corrected chi connectivity index (χ3v) is 2.98. The predicted molar refractivity (Wildman–Crippen MR) is 81.9 cm³/mol. The highest BCUT2D eigenvalue weighted by Crippen LogP contribution is 2.17. The summed E-state index contributed by atoms with van der Waals surface area (Å²) in [5, 5.41) is 5.30. The highest BCUT2D eigenvalue weighted by atomic mass is 16.5. The van der Waals surface area contributed by atoms with Gasteiger partial charge in [0, 0.05) is 13.5 Å². The molecule has 1 rings (SSSR count). The van der Waals surface area contributed by atoms with E-state index in [0.29, 0.717) is 6.54 Å². The highest BCUT2D eigenvalue weighted by Gasteiger charge is 2.22.